The molecule has 0 spiro atoms. The fourth-order valence-corrected chi connectivity index (χ4v) is 5.62. The number of aliphatic carboxylic acids is 1. The van der Waals surface area contributed by atoms with Crippen molar-refractivity contribution in [2.45, 2.75) is 58.0 Å². The highest BCUT2D eigenvalue weighted by molar-refractivity contribution is 8.00. The van der Waals surface area contributed by atoms with Gasteiger partial charge in [-0.15, -0.1) is 11.8 Å². The largest absolute Gasteiger partial charge is 0.493 e. The average molecular weight is 618 g/mol. The number of halogens is 1. The first-order chi connectivity index (χ1) is 19.7. The van der Waals surface area contributed by atoms with Gasteiger partial charge in [0.1, 0.15) is 12.2 Å². The van der Waals surface area contributed by atoms with E-state index in [1.807, 2.05) is 32.0 Å². The number of ether oxygens (including phenoxy) is 3. The Labute approximate surface area is 254 Å². The van der Waals surface area contributed by atoms with Crippen LogP contribution in [0.15, 0.2) is 40.9 Å². The second-order valence-corrected chi connectivity index (χ2v) is 13.7. The van der Waals surface area contributed by atoms with Crippen molar-refractivity contribution in [1.82, 2.24) is 10.1 Å². The third kappa shape index (κ3) is 7.02. The smallest absolute Gasteiger partial charge is 0.313 e. The Morgan fingerprint density at radius 3 is 2.50 bits per heavy atom. The maximum absolute atomic E-state index is 14.3. The number of carboxylic acid groups (broad SMARTS) is 1. The molecule has 1 N–H and O–H groups in total. The normalized spacial score (nSPS) is 17.5. The van der Waals surface area contributed by atoms with Crippen LogP contribution in [0.4, 0.5) is 5.69 Å². The summed E-state index contributed by atoms with van der Waals surface area (Å²) in [5, 5.41) is 13.7. The molecular formula is C30H36ClN3O7S. The topological polar surface area (TPSA) is 124 Å². The molecule has 226 valence electrons. The minimum atomic E-state index is -1.00. The van der Waals surface area contributed by atoms with Crippen LogP contribution in [0.5, 0.6) is 11.5 Å². The van der Waals surface area contributed by atoms with Crippen LogP contribution < -0.4 is 14.4 Å². The summed E-state index contributed by atoms with van der Waals surface area (Å²) in [6, 6.07) is 10.9. The van der Waals surface area contributed by atoms with Crippen LogP contribution in [0.2, 0.25) is 5.02 Å². The molecule has 2 atom stereocenters. The van der Waals surface area contributed by atoms with E-state index >= 15 is 0 Å². The number of rotatable bonds is 10. The summed E-state index contributed by atoms with van der Waals surface area (Å²) in [5.74, 6) is 0.198. The second kappa shape index (κ2) is 12.5. The Kier molecular flexibility index (Phi) is 9.44. The number of benzene rings is 2. The minimum Gasteiger partial charge on any atom is -0.493 e. The highest BCUT2D eigenvalue weighted by Gasteiger charge is 2.40. The fourth-order valence-electron chi connectivity index (χ4n) is 4.75. The number of anilines is 1. The van der Waals surface area contributed by atoms with Gasteiger partial charge in [-0.05, 0) is 43.5 Å². The van der Waals surface area contributed by atoms with Crippen LogP contribution in [-0.2, 0) is 25.5 Å². The number of aromatic nitrogens is 2. The number of amides is 1. The molecule has 3 aromatic rings. The van der Waals surface area contributed by atoms with E-state index in [1.165, 1.54) is 11.8 Å². The molecule has 0 unspecified atom stereocenters. The van der Waals surface area contributed by atoms with Gasteiger partial charge in [-0.25, -0.2) is 0 Å². The van der Waals surface area contributed by atoms with Gasteiger partial charge in [0.15, 0.2) is 17.3 Å². The first-order valence-corrected chi connectivity index (χ1v) is 14.8. The van der Waals surface area contributed by atoms with E-state index in [9.17, 15) is 9.59 Å². The number of thioether (sulfide) groups is 1. The predicted octanol–water partition coefficient (Wildman–Crippen LogP) is 5.90. The summed E-state index contributed by atoms with van der Waals surface area (Å²) < 4.78 is 22.7. The number of hydrogen-bond donors (Lipinski definition) is 1. The third-order valence-electron chi connectivity index (χ3n) is 6.66. The zero-order valence-electron chi connectivity index (χ0n) is 24.8. The molecule has 1 aliphatic rings. The number of para-hydroxylation sites is 1. The van der Waals surface area contributed by atoms with Crippen molar-refractivity contribution in [3.63, 3.8) is 0 Å². The van der Waals surface area contributed by atoms with Gasteiger partial charge in [0.2, 0.25) is 5.89 Å². The van der Waals surface area contributed by atoms with Crippen molar-refractivity contribution >= 4 is 40.9 Å². The first kappa shape index (κ1) is 31.7. The van der Waals surface area contributed by atoms with Crippen molar-refractivity contribution in [1.29, 1.82) is 0 Å². The van der Waals surface area contributed by atoms with Gasteiger partial charge >= 0.3 is 5.97 Å². The molecule has 0 radical (unpaired) electrons. The lowest BCUT2D eigenvalue weighted by molar-refractivity contribution is -0.134. The van der Waals surface area contributed by atoms with Gasteiger partial charge in [-0.3, -0.25) is 9.59 Å². The van der Waals surface area contributed by atoms with E-state index in [2.05, 4.69) is 30.9 Å². The molecule has 2 aromatic carbocycles. The Bertz CT molecular complexity index is 1450. The molecule has 0 aliphatic carbocycles. The second-order valence-electron chi connectivity index (χ2n) is 11.7. The van der Waals surface area contributed by atoms with E-state index in [0.717, 1.165) is 0 Å². The molecule has 10 nitrogen and oxygen atoms in total. The number of methoxy groups -OCH3 is 2. The van der Waals surface area contributed by atoms with E-state index in [0.29, 0.717) is 39.9 Å². The van der Waals surface area contributed by atoms with E-state index in [-0.39, 0.29) is 35.2 Å². The highest BCUT2D eigenvalue weighted by Crippen LogP contribution is 2.45. The van der Waals surface area contributed by atoms with Crippen LogP contribution in [0, 0.1) is 5.41 Å². The molecule has 42 heavy (non-hydrogen) atoms. The van der Waals surface area contributed by atoms with E-state index < -0.39 is 22.9 Å². The summed E-state index contributed by atoms with van der Waals surface area (Å²) in [4.78, 5) is 31.7. The van der Waals surface area contributed by atoms with Crippen LogP contribution in [0.1, 0.15) is 63.6 Å². The van der Waals surface area contributed by atoms with Crippen molar-refractivity contribution < 1.29 is 33.4 Å². The number of nitrogens with zero attached hydrogens (tertiary/aromatic N) is 3. The Balaban J connectivity index is 1.81. The third-order valence-corrected chi connectivity index (χ3v) is 8.18. The molecular weight excluding hydrogens is 582 g/mol. The van der Waals surface area contributed by atoms with Gasteiger partial charge in [0, 0.05) is 34.8 Å². The van der Waals surface area contributed by atoms with Crippen molar-refractivity contribution in [2.24, 2.45) is 5.41 Å². The number of carboxylic acids is 1. The Hall–Kier alpha value is -3.28. The summed E-state index contributed by atoms with van der Waals surface area (Å²) >= 11 is 7.67. The summed E-state index contributed by atoms with van der Waals surface area (Å²) in [6.07, 6.45) is -1.73. The molecule has 4 rings (SSSR count). The zero-order chi connectivity index (χ0) is 30.8. The molecule has 2 heterocycles. The van der Waals surface area contributed by atoms with Crippen LogP contribution in [-0.4, -0.2) is 59.7 Å². The zero-order valence-corrected chi connectivity index (χ0v) is 26.3. The molecule has 12 heteroatoms. The van der Waals surface area contributed by atoms with Crippen molar-refractivity contribution in [3.05, 3.63) is 64.3 Å². The van der Waals surface area contributed by atoms with Crippen LogP contribution >= 0.6 is 23.4 Å². The molecule has 0 fully saturated rings. The van der Waals surface area contributed by atoms with Crippen molar-refractivity contribution in [2.75, 3.05) is 31.4 Å². The maximum Gasteiger partial charge on any atom is 0.313 e. The molecule has 1 aromatic heterocycles. The number of carbonyl (C=O) groups is 2. The van der Waals surface area contributed by atoms with Gasteiger partial charge in [0.25, 0.3) is 5.91 Å². The number of carbonyl (C=O) groups excluding carboxylic acids is 1. The van der Waals surface area contributed by atoms with Gasteiger partial charge in [-0.2, -0.15) is 4.98 Å². The molecule has 1 aliphatic heterocycles. The lowest BCUT2D eigenvalue weighted by Gasteiger charge is -2.31. The van der Waals surface area contributed by atoms with Crippen LogP contribution in [0.3, 0.4) is 0 Å². The van der Waals surface area contributed by atoms with E-state index in [4.69, 9.17) is 35.4 Å². The quantitative estimate of drug-likeness (QED) is 0.294. The summed E-state index contributed by atoms with van der Waals surface area (Å²) in [5.41, 5.74) is 1.80. The lowest BCUT2D eigenvalue weighted by Crippen LogP contribution is -2.44. The van der Waals surface area contributed by atoms with Gasteiger partial charge in [0.05, 0.1) is 24.7 Å². The van der Waals surface area contributed by atoms with Gasteiger partial charge < -0.3 is 28.7 Å². The molecule has 0 saturated carbocycles. The SMILES string of the molecule is COc1cccc([C@H]2O[C@H](Cc3noc(C(C)(C)SCC(=O)O)n3)C(=O)N(CC(C)(C)C)c3ccc(Cl)cc32)c1OC. The minimum absolute atomic E-state index is 0.0210. The number of hydrogen-bond acceptors (Lipinski definition) is 9. The molecule has 1 amide bonds. The summed E-state index contributed by atoms with van der Waals surface area (Å²) in [7, 11) is 3.11. The maximum atomic E-state index is 14.3. The van der Waals surface area contributed by atoms with Crippen LogP contribution in [0.25, 0.3) is 0 Å². The Morgan fingerprint density at radius 2 is 1.86 bits per heavy atom. The Morgan fingerprint density at radius 1 is 1.12 bits per heavy atom. The monoisotopic (exact) mass is 617 g/mol. The van der Waals surface area contributed by atoms with E-state index in [1.54, 1.807) is 37.3 Å². The first-order valence-electron chi connectivity index (χ1n) is 13.4. The number of fused-ring (bicyclic) bond motifs is 1. The molecule has 0 saturated heterocycles. The average Bonchev–Trinajstić information content (AvgIpc) is 3.38. The fraction of sp³-hybridized carbons (Fsp3) is 0.467. The standard InChI is InChI=1S/C30H36ClN3O7S/c1-29(2,3)16-34-20-12-11-17(31)13-19(20)25(18-9-8-10-21(38-6)26(18)39-7)40-22(27(34)37)14-23-32-28(41-33-23)30(4,5)42-15-24(35)36/h8-13,22,25H,14-16H2,1-7H3,(H,35,36)/t22-,25-/m1/s1. The molecule has 0 bridgehead atoms. The lowest BCUT2D eigenvalue weighted by atomic mass is 9.94. The summed E-state index contributed by atoms with van der Waals surface area (Å²) in [6.45, 7) is 10.2. The highest BCUT2D eigenvalue weighted by atomic mass is 35.5. The van der Waals surface area contributed by atoms with Gasteiger partial charge in [-0.1, -0.05) is 49.7 Å². The van der Waals surface area contributed by atoms with Crippen molar-refractivity contribution in [3.8, 4) is 11.5 Å². The predicted molar refractivity (Wildman–Crippen MR) is 161 cm³/mol.